The molecule has 0 fully saturated rings. The number of fused-ring (bicyclic) bond motifs is 7. The fourth-order valence-corrected chi connectivity index (χ4v) is 7.83. The Balaban J connectivity index is 1.06. The maximum Gasteiger partial charge on any atom is 0.167 e. The number of halogens is 2. The van der Waals surface area contributed by atoms with E-state index in [0.717, 1.165) is 65.5 Å². The molecule has 9 heteroatoms. The molecule has 0 aliphatic rings. The quantitative estimate of drug-likeness (QED) is 0.162. The van der Waals surface area contributed by atoms with Gasteiger partial charge in [0.2, 0.25) is 0 Å². The van der Waals surface area contributed by atoms with Crippen LogP contribution in [0.4, 0.5) is 8.78 Å². The van der Waals surface area contributed by atoms with Gasteiger partial charge < -0.3 is 0 Å². The van der Waals surface area contributed by atoms with Crippen LogP contribution in [0.3, 0.4) is 0 Å². The summed E-state index contributed by atoms with van der Waals surface area (Å²) in [5.41, 5.74) is 6.95. The van der Waals surface area contributed by atoms with Crippen molar-refractivity contribution in [2.45, 2.75) is 0 Å². The van der Waals surface area contributed by atoms with E-state index >= 15 is 8.78 Å². The molecule has 0 unspecified atom stereocenters. The summed E-state index contributed by atoms with van der Waals surface area (Å²) in [6.45, 7) is 0. The summed E-state index contributed by atoms with van der Waals surface area (Å²) in [5, 5.41) is 5.52. The van der Waals surface area contributed by atoms with Crippen LogP contribution >= 0.6 is 0 Å². The van der Waals surface area contributed by atoms with Gasteiger partial charge in [-0.3, -0.25) is 19.9 Å². The number of pyridine rings is 4. The minimum atomic E-state index is -0.537. The van der Waals surface area contributed by atoms with Crippen LogP contribution in [0.25, 0.3) is 111 Å². The van der Waals surface area contributed by atoms with Crippen molar-refractivity contribution in [1.82, 2.24) is 34.9 Å². The smallest absolute Gasteiger partial charge is 0.167 e. The summed E-state index contributed by atoms with van der Waals surface area (Å²) in [4.78, 5) is 32.7. The first-order valence-electron chi connectivity index (χ1n) is 18.7. The Morgan fingerprint density at radius 2 is 0.759 bits per heavy atom. The Kier molecular flexibility index (Phi) is 7.72. The van der Waals surface area contributed by atoms with Crippen molar-refractivity contribution < 1.29 is 8.78 Å². The van der Waals surface area contributed by atoms with Crippen molar-refractivity contribution in [2.75, 3.05) is 0 Å². The first-order chi connectivity index (χ1) is 28.6. The molecule has 0 spiro atoms. The zero-order valence-electron chi connectivity index (χ0n) is 30.5. The second kappa shape index (κ2) is 13.4. The van der Waals surface area contributed by atoms with Gasteiger partial charge in [0, 0.05) is 51.9 Å². The van der Waals surface area contributed by atoms with Crippen LogP contribution < -0.4 is 0 Å². The minimum Gasteiger partial charge on any atom is -0.254 e. The van der Waals surface area contributed by atoms with Gasteiger partial charge in [0.15, 0.2) is 17.5 Å². The lowest BCUT2D eigenvalue weighted by Crippen LogP contribution is -2.02. The molecular weight excluding hydrogens is 725 g/mol. The first kappa shape index (κ1) is 33.4. The highest BCUT2D eigenvalue weighted by Gasteiger charge is 2.20. The van der Waals surface area contributed by atoms with Crippen molar-refractivity contribution in [3.8, 4) is 56.4 Å². The van der Waals surface area contributed by atoms with E-state index in [1.807, 2.05) is 115 Å². The molecule has 0 saturated heterocycles. The lowest BCUT2D eigenvalue weighted by atomic mass is 9.96. The van der Waals surface area contributed by atoms with Crippen molar-refractivity contribution in [3.63, 3.8) is 0 Å². The van der Waals surface area contributed by atoms with Crippen LogP contribution in [0, 0.1) is 11.6 Å². The second-order valence-corrected chi connectivity index (χ2v) is 14.1. The number of hydrogen-bond donors (Lipinski definition) is 0. The highest BCUT2D eigenvalue weighted by Crippen LogP contribution is 2.38. The molecule has 7 nitrogen and oxygen atoms in total. The second-order valence-electron chi connectivity index (χ2n) is 14.1. The Bertz CT molecular complexity index is 3270. The van der Waals surface area contributed by atoms with Crippen LogP contribution in [-0.2, 0) is 0 Å². The highest BCUT2D eigenvalue weighted by molar-refractivity contribution is 6.11. The van der Waals surface area contributed by atoms with Crippen molar-refractivity contribution in [2.24, 2.45) is 0 Å². The van der Waals surface area contributed by atoms with E-state index in [0.29, 0.717) is 16.7 Å². The van der Waals surface area contributed by atoms with E-state index in [9.17, 15) is 0 Å². The maximum absolute atomic E-state index is 16.6. The van der Waals surface area contributed by atoms with Gasteiger partial charge in [0.05, 0.1) is 33.2 Å². The molecule has 58 heavy (non-hydrogen) atoms. The standard InChI is InChI=1S/C49H27F2N7/c50-41-26-30(39-24-32-9-3-19-52-43(32)45-35(39)11-5-21-54-45)15-17-37(41)48-56-47(34-14-13-28-7-1-2-8-29(28)23-34)57-49(58-48)38-18-16-31(27-42(38)51)40-25-33-10-4-20-53-44(33)46-36(40)12-6-22-55-46/h1-27H. The number of hydrogen-bond acceptors (Lipinski definition) is 7. The van der Waals surface area contributed by atoms with Crippen LogP contribution in [0.1, 0.15) is 0 Å². The Morgan fingerprint density at radius 1 is 0.310 bits per heavy atom. The monoisotopic (exact) mass is 751 g/mol. The normalized spacial score (nSPS) is 11.6. The molecule has 0 aliphatic heterocycles. The van der Waals surface area contributed by atoms with E-state index in [2.05, 4.69) is 19.9 Å². The van der Waals surface area contributed by atoms with E-state index < -0.39 is 11.6 Å². The lowest BCUT2D eigenvalue weighted by molar-refractivity contribution is 0.629. The third-order valence-electron chi connectivity index (χ3n) is 10.6. The van der Waals surface area contributed by atoms with E-state index in [4.69, 9.17) is 15.0 Å². The van der Waals surface area contributed by atoms with Crippen LogP contribution in [0.2, 0.25) is 0 Å². The Labute approximate surface area is 329 Å². The molecule has 0 atom stereocenters. The van der Waals surface area contributed by atoms with Gasteiger partial charge in [-0.25, -0.2) is 23.7 Å². The van der Waals surface area contributed by atoms with Gasteiger partial charge in [0.1, 0.15) is 11.6 Å². The molecule has 11 aromatic rings. The summed E-state index contributed by atoms with van der Waals surface area (Å²) in [6, 6.07) is 43.1. The summed E-state index contributed by atoms with van der Waals surface area (Å²) < 4.78 is 33.1. The number of rotatable bonds is 5. The molecule has 272 valence electrons. The van der Waals surface area contributed by atoms with Crippen LogP contribution in [-0.4, -0.2) is 34.9 Å². The van der Waals surface area contributed by atoms with E-state index in [1.165, 1.54) is 12.1 Å². The number of benzene rings is 6. The van der Waals surface area contributed by atoms with Crippen molar-refractivity contribution in [3.05, 3.63) is 176 Å². The lowest BCUT2D eigenvalue weighted by Gasteiger charge is -2.13. The molecule has 0 bridgehead atoms. The van der Waals surface area contributed by atoms with Crippen molar-refractivity contribution >= 4 is 54.4 Å². The Morgan fingerprint density at radius 3 is 1.29 bits per heavy atom. The molecule has 0 amide bonds. The zero-order chi connectivity index (χ0) is 38.7. The van der Waals surface area contributed by atoms with E-state index in [1.54, 1.807) is 36.9 Å². The highest BCUT2D eigenvalue weighted by atomic mass is 19.1. The SMILES string of the molecule is Fc1cc(-c2cc3cccnc3c3ncccc23)ccc1-c1nc(-c2ccc3ccccc3c2)nc(-c2ccc(-c3cc4cccnc4c4ncccc34)cc2F)n1. The third-order valence-corrected chi connectivity index (χ3v) is 10.6. The minimum absolute atomic E-state index is 0.0778. The van der Waals surface area contributed by atoms with Gasteiger partial charge in [-0.15, -0.1) is 0 Å². The van der Waals surface area contributed by atoms with Gasteiger partial charge in [-0.2, -0.15) is 0 Å². The molecular formula is C49H27F2N7. The molecule has 11 rings (SSSR count). The molecule has 0 saturated carbocycles. The summed E-state index contributed by atoms with van der Waals surface area (Å²) in [5.74, 6) is -0.631. The van der Waals surface area contributed by atoms with Crippen LogP contribution in [0.15, 0.2) is 164 Å². The Hall–Kier alpha value is -7.91. The van der Waals surface area contributed by atoms with Gasteiger partial charge >= 0.3 is 0 Å². The molecule has 5 heterocycles. The molecule has 6 aromatic carbocycles. The largest absolute Gasteiger partial charge is 0.254 e. The van der Waals surface area contributed by atoms with Gasteiger partial charge in [-0.1, -0.05) is 72.8 Å². The number of nitrogens with zero attached hydrogens (tertiary/aromatic N) is 7. The molecule has 0 radical (unpaired) electrons. The average molecular weight is 752 g/mol. The molecule has 0 N–H and O–H groups in total. The summed E-state index contributed by atoms with van der Waals surface area (Å²) in [6.07, 6.45) is 6.93. The first-order valence-corrected chi connectivity index (χ1v) is 18.7. The van der Waals surface area contributed by atoms with Gasteiger partial charge in [-0.05, 0) is 99.8 Å². The third kappa shape index (κ3) is 5.59. The van der Waals surface area contributed by atoms with E-state index in [-0.39, 0.29) is 28.6 Å². The predicted molar refractivity (Wildman–Crippen MR) is 226 cm³/mol. The maximum atomic E-state index is 16.6. The fourth-order valence-electron chi connectivity index (χ4n) is 7.83. The average Bonchev–Trinajstić information content (AvgIpc) is 3.28. The topological polar surface area (TPSA) is 90.2 Å². The summed E-state index contributed by atoms with van der Waals surface area (Å²) >= 11 is 0. The fraction of sp³-hybridized carbons (Fsp3) is 0. The van der Waals surface area contributed by atoms with Gasteiger partial charge in [0.25, 0.3) is 0 Å². The predicted octanol–water partition coefficient (Wildman–Crippen LogP) is 11.8. The van der Waals surface area contributed by atoms with Crippen LogP contribution in [0.5, 0.6) is 0 Å². The molecule has 0 aliphatic carbocycles. The number of aromatic nitrogens is 7. The van der Waals surface area contributed by atoms with Crippen molar-refractivity contribution in [1.29, 1.82) is 0 Å². The molecule has 5 aromatic heterocycles. The summed E-state index contributed by atoms with van der Waals surface area (Å²) in [7, 11) is 0. The zero-order valence-corrected chi connectivity index (χ0v) is 30.5.